The van der Waals surface area contributed by atoms with Gasteiger partial charge in [0.1, 0.15) is 12.6 Å². The molecule has 0 radical (unpaired) electrons. The molecule has 0 saturated carbocycles. The van der Waals surface area contributed by atoms with Gasteiger partial charge in [-0.2, -0.15) is 0 Å². The van der Waals surface area contributed by atoms with Gasteiger partial charge in [0, 0.05) is 6.54 Å². The predicted octanol–water partition coefficient (Wildman–Crippen LogP) is 1.89. The number of benzene rings is 2. The number of primary amides is 1. The largest absolute Gasteiger partial charge is 0.493 e. The molecule has 0 aliphatic rings. The van der Waals surface area contributed by atoms with Crippen LogP contribution in [0, 0.1) is 0 Å². The van der Waals surface area contributed by atoms with E-state index in [1.165, 1.54) is 0 Å². The van der Waals surface area contributed by atoms with Gasteiger partial charge >= 0.3 is 0 Å². The van der Waals surface area contributed by atoms with Crippen molar-refractivity contribution < 1.29 is 14.3 Å². The Morgan fingerprint density at radius 3 is 2.36 bits per heavy atom. The maximum Gasteiger partial charge on any atom is 0.239 e. The summed E-state index contributed by atoms with van der Waals surface area (Å²) in [7, 11) is 1.60. The summed E-state index contributed by atoms with van der Waals surface area (Å²) in [5.74, 6) is 0.933. The molecule has 0 aliphatic heterocycles. The van der Waals surface area contributed by atoms with Gasteiger partial charge in [0.2, 0.25) is 5.91 Å². The molecule has 0 unspecified atom stereocenters. The lowest BCUT2D eigenvalue weighted by Crippen LogP contribution is -2.35. The lowest BCUT2D eigenvalue weighted by molar-refractivity contribution is -0.120. The molecule has 0 saturated heterocycles. The molecule has 5 heteroatoms. The van der Waals surface area contributed by atoms with Crippen molar-refractivity contribution >= 4 is 5.91 Å². The summed E-state index contributed by atoms with van der Waals surface area (Å²) in [6.45, 7) is 0.886. The second-order valence-corrected chi connectivity index (χ2v) is 4.70. The van der Waals surface area contributed by atoms with Gasteiger partial charge in [0.15, 0.2) is 11.5 Å². The number of rotatable bonds is 8. The maximum atomic E-state index is 11.6. The molecule has 3 N–H and O–H groups in total. The Kier molecular flexibility index (Phi) is 5.80. The van der Waals surface area contributed by atoms with Crippen LogP contribution in [0.25, 0.3) is 0 Å². The van der Waals surface area contributed by atoms with Crippen molar-refractivity contribution in [3.63, 3.8) is 0 Å². The highest BCUT2D eigenvalue weighted by atomic mass is 16.5. The molecule has 0 bridgehead atoms. The van der Waals surface area contributed by atoms with E-state index in [1.54, 1.807) is 7.11 Å². The second kappa shape index (κ2) is 8.05. The van der Waals surface area contributed by atoms with Crippen LogP contribution in [0.1, 0.15) is 11.6 Å². The first-order valence-corrected chi connectivity index (χ1v) is 7.06. The van der Waals surface area contributed by atoms with Gasteiger partial charge in [-0.3, -0.25) is 10.1 Å². The number of nitrogens with two attached hydrogens (primary N) is 1. The van der Waals surface area contributed by atoms with Gasteiger partial charge in [-0.1, -0.05) is 42.5 Å². The normalized spacial score (nSPS) is 11.7. The van der Waals surface area contributed by atoms with Crippen molar-refractivity contribution in [2.24, 2.45) is 5.73 Å². The Hall–Kier alpha value is -2.53. The van der Waals surface area contributed by atoms with Crippen LogP contribution in [0.5, 0.6) is 11.5 Å². The summed E-state index contributed by atoms with van der Waals surface area (Å²) in [5.41, 5.74) is 6.29. The van der Waals surface area contributed by atoms with E-state index in [4.69, 9.17) is 15.2 Å². The van der Waals surface area contributed by atoms with Crippen molar-refractivity contribution in [2.45, 2.75) is 6.04 Å². The van der Waals surface area contributed by atoms with E-state index < -0.39 is 11.9 Å². The Morgan fingerprint density at radius 1 is 1.09 bits per heavy atom. The molecule has 0 aliphatic carbocycles. The van der Waals surface area contributed by atoms with Crippen LogP contribution in [0.3, 0.4) is 0 Å². The molecule has 116 valence electrons. The van der Waals surface area contributed by atoms with Crippen molar-refractivity contribution in [1.29, 1.82) is 0 Å². The average molecular weight is 300 g/mol. The van der Waals surface area contributed by atoms with Gasteiger partial charge in [-0.25, -0.2) is 0 Å². The highest BCUT2D eigenvalue weighted by Crippen LogP contribution is 2.25. The molecule has 1 amide bonds. The number of carbonyl (C=O) groups is 1. The van der Waals surface area contributed by atoms with E-state index in [-0.39, 0.29) is 0 Å². The van der Waals surface area contributed by atoms with Crippen LogP contribution in [-0.2, 0) is 4.79 Å². The number of methoxy groups -OCH3 is 1. The standard InChI is InChI=1S/C17H20N2O3/c1-21-14-9-5-6-10-15(14)22-12-11-19-16(17(18)20)13-7-3-2-4-8-13/h2-10,16,19H,11-12H2,1H3,(H2,18,20)/t16-/m0/s1. The molecule has 2 aromatic carbocycles. The van der Waals surface area contributed by atoms with Crippen LogP contribution in [0.4, 0.5) is 0 Å². The second-order valence-electron chi connectivity index (χ2n) is 4.70. The van der Waals surface area contributed by atoms with Crippen LogP contribution in [-0.4, -0.2) is 26.2 Å². The van der Waals surface area contributed by atoms with Crippen molar-refractivity contribution in [2.75, 3.05) is 20.3 Å². The van der Waals surface area contributed by atoms with Crippen LogP contribution in [0.2, 0.25) is 0 Å². The van der Waals surface area contributed by atoms with Gasteiger partial charge in [0.25, 0.3) is 0 Å². The van der Waals surface area contributed by atoms with E-state index in [2.05, 4.69) is 5.32 Å². The van der Waals surface area contributed by atoms with E-state index >= 15 is 0 Å². The molecule has 5 nitrogen and oxygen atoms in total. The van der Waals surface area contributed by atoms with E-state index in [9.17, 15) is 4.79 Å². The van der Waals surface area contributed by atoms with Crippen LogP contribution < -0.4 is 20.5 Å². The summed E-state index contributed by atoms with van der Waals surface area (Å²) in [6.07, 6.45) is 0. The minimum absolute atomic E-state index is 0.400. The van der Waals surface area contributed by atoms with Crippen LogP contribution in [0.15, 0.2) is 54.6 Å². The van der Waals surface area contributed by atoms with Crippen molar-refractivity contribution in [3.8, 4) is 11.5 Å². The molecule has 2 rings (SSSR count). The Morgan fingerprint density at radius 2 is 1.73 bits per heavy atom. The Labute approximate surface area is 130 Å². The fraction of sp³-hybridized carbons (Fsp3) is 0.235. The molecule has 0 heterocycles. The van der Waals surface area contributed by atoms with Gasteiger partial charge in [0.05, 0.1) is 7.11 Å². The number of carbonyl (C=O) groups excluding carboxylic acids is 1. The number of para-hydroxylation sites is 2. The monoisotopic (exact) mass is 300 g/mol. The number of hydrogen-bond donors (Lipinski definition) is 2. The summed E-state index contributed by atoms with van der Waals surface area (Å²) >= 11 is 0. The lowest BCUT2D eigenvalue weighted by atomic mass is 10.1. The zero-order chi connectivity index (χ0) is 15.8. The highest BCUT2D eigenvalue weighted by molar-refractivity contribution is 5.81. The first-order chi connectivity index (χ1) is 10.7. The van der Waals surface area contributed by atoms with E-state index in [0.717, 1.165) is 5.56 Å². The topological polar surface area (TPSA) is 73.6 Å². The Bertz CT molecular complexity index is 602. The number of nitrogens with one attached hydrogen (secondary N) is 1. The molecular formula is C17H20N2O3. The van der Waals surface area contributed by atoms with E-state index in [1.807, 2.05) is 54.6 Å². The molecular weight excluding hydrogens is 280 g/mol. The number of hydrogen-bond acceptors (Lipinski definition) is 4. The predicted molar refractivity (Wildman–Crippen MR) is 84.9 cm³/mol. The minimum atomic E-state index is -0.525. The van der Waals surface area contributed by atoms with Crippen molar-refractivity contribution in [3.05, 3.63) is 60.2 Å². The molecule has 0 fully saturated rings. The molecule has 1 atom stereocenters. The summed E-state index contributed by atoms with van der Waals surface area (Å²) in [5, 5.41) is 3.10. The quantitative estimate of drug-likeness (QED) is 0.730. The molecule has 0 aromatic heterocycles. The zero-order valence-corrected chi connectivity index (χ0v) is 12.5. The average Bonchev–Trinajstić information content (AvgIpc) is 2.55. The third-order valence-electron chi connectivity index (χ3n) is 3.19. The van der Waals surface area contributed by atoms with Gasteiger partial charge in [-0.15, -0.1) is 0 Å². The first-order valence-electron chi connectivity index (χ1n) is 7.06. The summed E-state index contributed by atoms with van der Waals surface area (Å²) in [6, 6.07) is 16.3. The summed E-state index contributed by atoms with van der Waals surface area (Å²) < 4.78 is 10.9. The van der Waals surface area contributed by atoms with Crippen molar-refractivity contribution in [1.82, 2.24) is 5.32 Å². The fourth-order valence-corrected chi connectivity index (χ4v) is 2.13. The number of ether oxygens (including phenoxy) is 2. The zero-order valence-electron chi connectivity index (χ0n) is 12.5. The molecule has 2 aromatic rings. The third kappa shape index (κ3) is 4.23. The summed E-state index contributed by atoms with van der Waals surface area (Å²) in [4.78, 5) is 11.6. The smallest absolute Gasteiger partial charge is 0.239 e. The maximum absolute atomic E-state index is 11.6. The lowest BCUT2D eigenvalue weighted by Gasteiger charge is -2.16. The van der Waals surface area contributed by atoms with E-state index in [0.29, 0.717) is 24.7 Å². The highest BCUT2D eigenvalue weighted by Gasteiger charge is 2.16. The van der Waals surface area contributed by atoms with Gasteiger partial charge < -0.3 is 15.2 Å². The van der Waals surface area contributed by atoms with Gasteiger partial charge in [-0.05, 0) is 17.7 Å². The minimum Gasteiger partial charge on any atom is -0.493 e. The molecule has 0 spiro atoms. The first kappa shape index (κ1) is 15.9. The number of amides is 1. The molecule has 22 heavy (non-hydrogen) atoms. The fourth-order valence-electron chi connectivity index (χ4n) is 2.13. The SMILES string of the molecule is COc1ccccc1OCCN[C@H](C(N)=O)c1ccccc1. The Balaban J connectivity index is 1.88. The van der Waals surface area contributed by atoms with Crippen LogP contribution >= 0.6 is 0 Å². The third-order valence-corrected chi connectivity index (χ3v) is 3.19.